The number of aliphatic hydroxyl groups is 11. The zero-order valence-electron chi connectivity index (χ0n) is 25.1. The molecule has 0 aromatic heterocycles. The van der Waals surface area contributed by atoms with Crippen LogP contribution in [0, 0.1) is 0 Å². The summed E-state index contributed by atoms with van der Waals surface area (Å²) >= 11 is 0. The van der Waals surface area contributed by atoms with Gasteiger partial charge in [-0.3, -0.25) is 4.79 Å². The molecule has 0 bridgehead atoms. The van der Waals surface area contributed by atoms with Crippen molar-refractivity contribution in [1.82, 2.24) is 5.32 Å². The lowest BCUT2D eigenvalue weighted by Gasteiger charge is -2.50. The fourth-order valence-corrected chi connectivity index (χ4v) is 5.81. The van der Waals surface area contributed by atoms with Crippen LogP contribution in [0.25, 0.3) is 0 Å². The van der Waals surface area contributed by atoms with E-state index in [1.165, 1.54) is 13.8 Å². The standard InChI is InChI=1S/C26H45NO19/c1-6-12(31)16(35)18(37)25(41-6)46-22-17(36)14(33)9(4-28)43-26(22)44-20-11(27-8(3)30)24(42-10(5-29)15(20)34)45-21-13(32)7(2)40-23(39)19(21)38/h6-7,9-26,28-29,31-39H,4-5H2,1-3H3,(H,27,30)/t6-,7-,9+,10+,11+,12-,13-,14+,15+,16+,17-,18+,19+,20+,21+,22+,23+,24+,25-,26+/m0/s1. The first-order chi connectivity index (χ1) is 21.6. The van der Waals surface area contributed by atoms with Crippen molar-refractivity contribution in [2.24, 2.45) is 0 Å². The van der Waals surface area contributed by atoms with E-state index in [0.717, 1.165) is 6.92 Å². The third-order valence-corrected chi connectivity index (χ3v) is 8.53. The molecule has 0 unspecified atom stereocenters. The summed E-state index contributed by atoms with van der Waals surface area (Å²) in [6.45, 7) is 2.16. The fraction of sp³-hybridized carbons (Fsp3) is 0.962. The number of carbonyl (C=O) groups is 1. The maximum Gasteiger partial charge on any atom is 0.217 e. The minimum absolute atomic E-state index is 0.715. The van der Waals surface area contributed by atoms with Crippen molar-refractivity contribution in [1.29, 1.82) is 0 Å². The molecule has 0 radical (unpaired) electrons. The van der Waals surface area contributed by atoms with E-state index in [1.807, 2.05) is 0 Å². The highest BCUT2D eigenvalue weighted by molar-refractivity contribution is 5.73. The van der Waals surface area contributed by atoms with E-state index in [-0.39, 0.29) is 0 Å². The SMILES string of the molecule is CC(=O)N[C@H]1[C@@H](O[C@@H]2[C@@H](O)[C@H](C)O[C@@H](O)[C@@H]2O)O[C@H](CO)[C@@H](O)[C@@H]1O[C@H]1O[C@H](CO)[C@@H](O)[C@H](O)[C@H]1O[C@@H]1O[C@@H](C)[C@H](O)[C@@H](O)[C@H]1O. The summed E-state index contributed by atoms with van der Waals surface area (Å²) in [6, 6.07) is -1.53. The molecule has 12 N–H and O–H groups in total. The summed E-state index contributed by atoms with van der Waals surface area (Å²) in [7, 11) is 0. The van der Waals surface area contributed by atoms with Crippen LogP contribution in [0.3, 0.4) is 0 Å². The predicted octanol–water partition coefficient (Wildman–Crippen LogP) is -7.55. The number of nitrogens with one attached hydrogen (secondary N) is 1. The maximum atomic E-state index is 12.3. The van der Waals surface area contributed by atoms with Crippen molar-refractivity contribution in [2.45, 2.75) is 144 Å². The molecule has 0 saturated carbocycles. The van der Waals surface area contributed by atoms with Crippen LogP contribution in [0.5, 0.6) is 0 Å². The van der Waals surface area contributed by atoms with Gasteiger partial charge in [0.15, 0.2) is 25.2 Å². The smallest absolute Gasteiger partial charge is 0.217 e. The van der Waals surface area contributed by atoms with Gasteiger partial charge in [-0.15, -0.1) is 0 Å². The lowest BCUT2D eigenvalue weighted by atomic mass is 9.94. The molecule has 20 nitrogen and oxygen atoms in total. The van der Waals surface area contributed by atoms with Gasteiger partial charge in [0.1, 0.15) is 85.4 Å². The average molecular weight is 676 g/mol. The Morgan fingerprint density at radius 2 is 1.11 bits per heavy atom. The van der Waals surface area contributed by atoms with E-state index >= 15 is 0 Å². The lowest BCUT2D eigenvalue weighted by molar-refractivity contribution is -0.385. The third-order valence-electron chi connectivity index (χ3n) is 8.53. The zero-order valence-corrected chi connectivity index (χ0v) is 25.1. The van der Waals surface area contributed by atoms with Crippen LogP contribution in [0.2, 0.25) is 0 Å². The molecule has 0 aliphatic carbocycles. The van der Waals surface area contributed by atoms with Crippen LogP contribution in [-0.2, 0) is 38.0 Å². The molecule has 1 amide bonds. The zero-order chi connectivity index (χ0) is 34.2. The Balaban J connectivity index is 1.65. The monoisotopic (exact) mass is 675 g/mol. The van der Waals surface area contributed by atoms with Gasteiger partial charge in [0.25, 0.3) is 0 Å². The van der Waals surface area contributed by atoms with Gasteiger partial charge in [-0.25, -0.2) is 0 Å². The predicted molar refractivity (Wildman–Crippen MR) is 143 cm³/mol. The molecule has 4 aliphatic heterocycles. The summed E-state index contributed by atoms with van der Waals surface area (Å²) in [5, 5.41) is 117. The largest absolute Gasteiger partial charge is 0.394 e. The highest BCUT2D eigenvalue weighted by atomic mass is 16.8. The Labute approximate surface area is 262 Å². The van der Waals surface area contributed by atoms with Gasteiger partial charge in [0.2, 0.25) is 5.91 Å². The van der Waals surface area contributed by atoms with E-state index in [9.17, 15) is 61.0 Å². The molecule has 268 valence electrons. The Morgan fingerprint density at radius 3 is 1.72 bits per heavy atom. The quantitative estimate of drug-likeness (QED) is 0.108. The van der Waals surface area contributed by atoms with Gasteiger partial charge in [0.05, 0.1) is 25.4 Å². The molecule has 0 spiro atoms. The van der Waals surface area contributed by atoms with E-state index < -0.39 is 142 Å². The van der Waals surface area contributed by atoms with Gasteiger partial charge < -0.3 is 94.6 Å². The van der Waals surface area contributed by atoms with Gasteiger partial charge in [-0.1, -0.05) is 0 Å². The molecule has 46 heavy (non-hydrogen) atoms. The van der Waals surface area contributed by atoms with E-state index in [0.29, 0.717) is 0 Å². The van der Waals surface area contributed by atoms with Crippen molar-refractivity contribution in [3.05, 3.63) is 0 Å². The van der Waals surface area contributed by atoms with E-state index in [1.54, 1.807) is 0 Å². The van der Waals surface area contributed by atoms with Crippen molar-refractivity contribution in [2.75, 3.05) is 13.2 Å². The maximum absolute atomic E-state index is 12.3. The molecular weight excluding hydrogens is 630 g/mol. The van der Waals surface area contributed by atoms with Crippen molar-refractivity contribution in [3.63, 3.8) is 0 Å². The van der Waals surface area contributed by atoms with E-state index in [2.05, 4.69) is 5.32 Å². The first kappa shape index (κ1) is 37.6. The Kier molecular flexibility index (Phi) is 12.7. The van der Waals surface area contributed by atoms with E-state index in [4.69, 9.17) is 33.2 Å². The normalized spacial score (nSPS) is 51.9. The van der Waals surface area contributed by atoms with Gasteiger partial charge >= 0.3 is 0 Å². The van der Waals surface area contributed by atoms with Crippen molar-refractivity contribution in [3.8, 4) is 0 Å². The lowest BCUT2D eigenvalue weighted by Crippen LogP contribution is -2.70. The summed E-state index contributed by atoms with van der Waals surface area (Å²) < 4.78 is 39.3. The van der Waals surface area contributed by atoms with Crippen molar-refractivity contribution < 1.29 is 94.1 Å². The van der Waals surface area contributed by atoms with Crippen LogP contribution in [0.1, 0.15) is 20.8 Å². The first-order valence-corrected chi connectivity index (χ1v) is 14.8. The van der Waals surface area contributed by atoms with Crippen LogP contribution in [-0.4, -0.2) is 198 Å². The van der Waals surface area contributed by atoms with Crippen LogP contribution < -0.4 is 5.32 Å². The third kappa shape index (κ3) is 7.64. The second-order valence-electron chi connectivity index (χ2n) is 11.8. The molecule has 0 aromatic carbocycles. The number of rotatable bonds is 9. The number of hydrogen-bond acceptors (Lipinski definition) is 19. The molecule has 20 heteroatoms. The van der Waals surface area contributed by atoms with Gasteiger partial charge in [0, 0.05) is 6.92 Å². The minimum atomic E-state index is -1.92. The molecule has 4 aliphatic rings. The molecule has 4 saturated heterocycles. The number of amides is 1. The van der Waals surface area contributed by atoms with Crippen LogP contribution in [0.15, 0.2) is 0 Å². The van der Waals surface area contributed by atoms with Crippen LogP contribution in [0.4, 0.5) is 0 Å². The summed E-state index contributed by atoms with van der Waals surface area (Å²) in [4.78, 5) is 12.3. The first-order valence-electron chi connectivity index (χ1n) is 14.8. The summed E-state index contributed by atoms with van der Waals surface area (Å²) in [6.07, 6.45) is -31.1. The summed E-state index contributed by atoms with van der Waals surface area (Å²) in [5.74, 6) is -0.715. The number of carbonyl (C=O) groups excluding carboxylic acids is 1. The summed E-state index contributed by atoms with van der Waals surface area (Å²) in [5.41, 5.74) is 0. The Hall–Kier alpha value is -1.25. The fourth-order valence-electron chi connectivity index (χ4n) is 5.81. The Morgan fingerprint density at radius 1 is 0.565 bits per heavy atom. The van der Waals surface area contributed by atoms with Crippen LogP contribution >= 0.6 is 0 Å². The Bertz CT molecular complexity index is 983. The van der Waals surface area contributed by atoms with Gasteiger partial charge in [-0.05, 0) is 13.8 Å². The number of ether oxygens (including phenoxy) is 7. The average Bonchev–Trinajstić information content (AvgIpc) is 3.01. The molecule has 4 rings (SSSR count). The minimum Gasteiger partial charge on any atom is -0.394 e. The molecule has 4 fully saturated rings. The second kappa shape index (κ2) is 15.5. The number of aliphatic hydroxyl groups excluding tert-OH is 11. The van der Waals surface area contributed by atoms with Crippen molar-refractivity contribution >= 4 is 5.91 Å². The second-order valence-corrected chi connectivity index (χ2v) is 11.8. The number of hydrogen-bond donors (Lipinski definition) is 12. The molecule has 20 atom stereocenters. The molecular formula is C26H45NO19. The highest BCUT2D eigenvalue weighted by Gasteiger charge is 2.55. The highest BCUT2D eigenvalue weighted by Crippen LogP contribution is 2.34. The molecule has 4 heterocycles. The molecule has 0 aromatic rings. The topological polar surface area (TPSA) is 316 Å². The van der Waals surface area contributed by atoms with Gasteiger partial charge in [-0.2, -0.15) is 0 Å².